The SMILES string of the molecule is CC(C)C(CNC1CC1)C1CCCC1. The minimum Gasteiger partial charge on any atom is -0.314 e. The van der Waals surface area contributed by atoms with E-state index in [1.165, 1.54) is 45.1 Å². The summed E-state index contributed by atoms with van der Waals surface area (Å²) in [4.78, 5) is 0. The molecule has 0 bridgehead atoms. The molecule has 1 atom stereocenters. The van der Waals surface area contributed by atoms with Gasteiger partial charge in [-0.2, -0.15) is 0 Å². The van der Waals surface area contributed by atoms with Gasteiger partial charge >= 0.3 is 0 Å². The smallest absolute Gasteiger partial charge is 0.00683 e. The summed E-state index contributed by atoms with van der Waals surface area (Å²) in [5.74, 6) is 2.84. The van der Waals surface area contributed by atoms with Crippen LogP contribution in [0.5, 0.6) is 0 Å². The highest BCUT2D eigenvalue weighted by molar-refractivity contribution is 4.85. The van der Waals surface area contributed by atoms with Crippen molar-refractivity contribution in [3.8, 4) is 0 Å². The minimum absolute atomic E-state index is 0.865. The molecule has 1 unspecified atom stereocenters. The van der Waals surface area contributed by atoms with Gasteiger partial charge < -0.3 is 5.32 Å². The molecule has 0 aromatic carbocycles. The normalized spacial score (nSPS) is 25.9. The quantitative estimate of drug-likeness (QED) is 0.710. The fraction of sp³-hybridized carbons (Fsp3) is 1.00. The van der Waals surface area contributed by atoms with E-state index < -0.39 is 0 Å². The first kappa shape index (κ1) is 10.5. The summed E-state index contributed by atoms with van der Waals surface area (Å²) in [6, 6.07) is 0.887. The van der Waals surface area contributed by atoms with Crippen molar-refractivity contribution in [1.82, 2.24) is 5.32 Å². The van der Waals surface area contributed by atoms with Gasteiger partial charge in [0.15, 0.2) is 0 Å². The van der Waals surface area contributed by atoms with Crippen LogP contribution < -0.4 is 5.32 Å². The van der Waals surface area contributed by atoms with Crippen molar-refractivity contribution < 1.29 is 0 Å². The second kappa shape index (κ2) is 4.65. The van der Waals surface area contributed by atoms with Crippen molar-refractivity contribution in [3.63, 3.8) is 0 Å². The van der Waals surface area contributed by atoms with E-state index in [1.807, 2.05) is 0 Å². The Morgan fingerprint density at radius 3 is 2.21 bits per heavy atom. The highest BCUT2D eigenvalue weighted by Gasteiger charge is 2.29. The lowest BCUT2D eigenvalue weighted by atomic mass is 9.82. The van der Waals surface area contributed by atoms with E-state index in [9.17, 15) is 0 Å². The second-order valence-electron chi connectivity index (χ2n) is 5.63. The van der Waals surface area contributed by atoms with Gasteiger partial charge in [0.2, 0.25) is 0 Å². The van der Waals surface area contributed by atoms with Crippen molar-refractivity contribution >= 4 is 0 Å². The van der Waals surface area contributed by atoms with Gasteiger partial charge in [-0.3, -0.25) is 0 Å². The van der Waals surface area contributed by atoms with E-state index in [2.05, 4.69) is 19.2 Å². The number of rotatable bonds is 5. The Morgan fingerprint density at radius 2 is 1.71 bits per heavy atom. The predicted octanol–water partition coefficient (Wildman–Crippen LogP) is 3.20. The molecule has 0 saturated heterocycles. The first-order chi connectivity index (χ1) is 6.77. The Morgan fingerprint density at radius 1 is 1.07 bits per heavy atom. The summed E-state index contributed by atoms with van der Waals surface area (Å²) in [5, 5.41) is 3.71. The lowest BCUT2D eigenvalue weighted by molar-refractivity contribution is 0.247. The molecular formula is C13H25N. The van der Waals surface area contributed by atoms with Crippen molar-refractivity contribution in [1.29, 1.82) is 0 Å². The average Bonchev–Trinajstić information content (AvgIpc) is 2.80. The van der Waals surface area contributed by atoms with Crippen LogP contribution in [0, 0.1) is 17.8 Å². The van der Waals surface area contributed by atoms with E-state index in [0.29, 0.717) is 0 Å². The van der Waals surface area contributed by atoms with Crippen LogP contribution in [0.4, 0.5) is 0 Å². The molecule has 2 rings (SSSR count). The van der Waals surface area contributed by atoms with Gasteiger partial charge in [0, 0.05) is 6.04 Å². The third kappa shape index (κ3) is 2.73. The van der Waals surface area contributed by atoms with Crippen LogP contribution >= 0.6 is 0 Å². The lowest BCUT2D eigenvalue weighted by Crippen LogP contribution is -2.32. The van der Waals surface area contributed by atoms with Gasteiger partial charge in [-0.1, -0.05) is 39.5 Å². The minimum atomic E-state index is 0.865. The van der Waals surface area contributed by atoms with Crippen LogP contribution in [0.25, 0.3) is 0 Å². The molecule has 0 aromatic heterocycles. The van der Waals surface area contributed by atoms with Gasteiger partial charge in [0.05, 0.1) is 0 Å². The molecular weight excluding hydrogens is 170 g/mol. The Kier molecular flexibility index (Phi) is 3.48. The number of hydrogen-bond acceptors (Lipinski definition) is 1. The molecule has 82 valence electrons. The maximum Gasteiger partial charge on any atom is 0.00683 e. The zero-order chi connectivity index (χ0) is 9.97. The second-order valence-corrected chi connectivity index (χ2v) is 5.63. The summed E-state index contributed by atoms with van der Waals surface area (Å²) < 4.78 is 0. The maximum absolute atomic E-state index is 3.71. The van der Waals surface area contributed by atoms with E-state index in [0.717, 1.165) is 23.8 Å². The van der Waals surface area contributed by atoms with E-state index >= 15 is 0 Å². The Balaban J connectivity index is 1.78. The first-order valence-corrected chi connectivity index (χ1v) is 6.50. The topological polar surface area (TPSA) is 12.0 Å². The van der Waals surface area contributed by atoms with Crippen LogP contribution in [0.1, 0.15) is 52.4 Å². The number of nitrogens with one attached hydrogen (secondary N) is 1. The molecule has 0 heterocycles. The molecule has 1 N–H and O–H groups in total. The standard InChI is InChI=1S/C13H25N/c1-10(2)13(9-14-12-7-8-12)11-5-3-4-6-11/h10-14H,3-9H2,1-2H3. The van der Waals surface area contributed by atoms with Crippen molar-refractivity contribution in [2.75, 3.05) is 6.54 Å². The van der Waals surface area contributed by atoms with Crippen LogP contribution in [0.15, 0.2) is 0 Å². The zero-order valence-electron chi connectivity index (χ0n) is 9.76. The summed E-state index contributed by atoms with van der Waals surface area (Å²) in [6.45, 7) is 6.09. The summed E-state index contributed by atoms with van der Waals surface area (Å²) in [7, 11) is 0. The molecule has 0 amide bonds. The monoisotopic (exact) mass is 195 g/mol. The van der Waals surface area contributed by atoms with Crippen LogP contribution in [0.3, 0.4) is 0 Å². The highest BCUT2D eigenvalue weighted by Crippen LogP contribution is 2.35. The third-order valence-corrected chi connectivity index (χ3v) is 4.08. The molecule has 2 aliphatic rings. The number of hydrogen-bond donors (Lipinski definition) is 1. The molecule has 0 radical (unpaired) electrons. The van der Waals surface area contributed by atoms with Crippen LogP contribution in [-0.2, 0) is 0 Å². The fourth-order valence-electron chi connectivity index (χ4n) is 2.92. The summed E-state index contributed by atoms with van der Waals surface area (Å²) >= 11 is 0. The molecule has 0 aliphatic heterocycles. The van der Waals surface area contributed by atoms with Gasteiger partial charge in [-0.15, -0.1) is 0 Å². The molecule has 0 aromatic rings. The van der Waals surface area contributed by atoms with Gasteiger partial charge in [-0.25, -0.2) is 0 Å². The zero-order valence-corrected chi connectivity index (χ0v) is 9.76. The molecule has 2 fully saturated rings. The Hall–Kier alpha value is -0.0400. The molecule has 1 heteroatoms. The highest BCUT2D eigenvalue weighted by atomic mass is 14.9. The Labute approximate surface area is 88.7 Å². The third-order valence-electron chi connectivity index (χ3n) is 4.08. The Bertz CT molecular complexity index is 166. The van der Waals surface area contributed by atoms with Crippen molar-refractivity contribution in [2.45, 2.75) is 58.4 Å². The molecule has 2 aliphatic carbocycles. The average molecular weight is 195 g/mol. The van der Waals surface area contributed by atoms with Crippen molar-refractivity contribution in [2.24, 2.45) is 17.8 Å². The summed E-state index contributed by atoms with van der Waals surface area (Å²) in [6.07, 6.45) is 8.81. The predicted molar refractivity (Wildman–Crippen MR) is 61.3 cm³/mol. The summed E-state index contributed by atoms with van der Waals surface area (Å²) in [5.41, 5.74) is 0. The largest absolute Gasteiger partial charge is 0.314 e. The van der Waals surface area contributed by atoms with E-state index in [4.69, 9.17) is 0 Å². The molecule has 0 spiro atoms. The van der Waals surface area contributed by atoms with Crippen LogP contribution in [0.2, 0.25) is 0 Å². The van der Waals surface area contributed by atoms with Gasteiger partial charge in [0.25, 0.3) is 0 Å². The van der Waals surface area contributed by atoms with Gasteiger partial charge in [-0.05, 0) is 37.1 Å². The van der Waals surface area contributed by atoms with Crippen LogP contribution in [-0.4, -0.2) is 12.6 Å². The van der Waals surface area contributed by atoms with E-state index in [1.54, 1.807) is 0 Å². The first-order valence-electron chi connectivity index (χ1n) is 6.50. The van der Waals surface area contributed by atoms with E-state index in [-0.39, 0.29) is 0 Å². The maximum atomic E-state index is 3.71. The van der Waals surface area contributed by atoms with Crippen molar-refractivity contribution in [3.05, 3.63) is 0 Å². The molecule has 14 heavy (non-hydrogen) atoms. The molecule has 2 saturated carbocycles. The molecule has 1 nitrogen and oxygen atoms in total. The lowest BCUT2D eigenvalue weighted by Gasteiger charge is -2.27. The van der Waals surface area contributed by atoms with Gasteiger partial charge in [0.1, 0.15) is 0 Å². The fourth-order valence-corrected chi connectivity index (χ4v) is 2.92.